The third kappa shape index (κ3) is 1.97. The lowest BCUT2D eigenvalue weighted by Gasteiger charge is -2.02. The lowest BCUT2D eigenvalue weighted by molar-refractivity contribution is 0.0690. The normalized spacial score (nSPS) is 10.7. The molecule has 0 aliphatic rings. The molecule has 0 aromatic carbocycles. The van der Waals surface area contributed by atoms with Gasteiger partial charge in [-0.1, -0.05) is 6.07 Å². The lowest BCUT2D eigenvalue weighted by atomic mass is 10.1. The van der Waals surface area contributed by atoms with E-state index in [1.54, 1.807) is 22.8 Å². The van der Waals surface area contributed by atoms with E-state index >= 15 is 0 Å². The van der Waals surface area contributed by atoms with Gasteiger partial charge < -0.3 is 10.8 Å². The van der Waals surface area contributed by atoms with Crippen LogP contribution in [0, 0.1) is 0 Å². The molecule has 0 bridgehead atoms. The van der Waals surface area contributed by atoms with Crippen LogP contribution in [0.5, 0.6) is 0 Å². The minimum absolute atomic E-state index is 0.00910. The fraction of sp³-hybridized carbons (Fsp3) is 0. The van der Waals surface area contributed by atoms with Crippen molar-refractivity contribution in [2.75, 3.05) is 5.73 Å². The number of hydrogen-bond donors (Lipinski definition) is 2. The summed E-state index contributed by atoms with van der Waals surface area (Å²) in [7, 11) is 0. The van der Waals surface area contributed by atoms with Crippen molar-refractivity contribution in [3.05, 3.63) is 42.4 Å². The largest absolute Gasteiger partial charge is 0.477 e. The molecule has 0 atom stereocenters. The fourth-order valence-corrected chi connectivity index (χ4v) is 1.76. The molecule has 94 valence electrons. The average Bonchev–Trinajstić information content (AvgIpc) is 2.77. The molecule has 0 amide bonds. The predicted octanol–water partition coefficient (Wildman–Crippen LogP) is 1.07. The maximum absolute atomic E-state index is 10.7. The summed E-state index contributed by atoms with van der Waals surface area (Å²) in [5, 5.41) is 12.8. The number of fused-ring (bicyclic) bond motifs is 1. The van der Waals surface area contributed by atoms with Crippen LogP contribution in [0.1, 0.15) is 10.5 Å². The van der Waals surface area contributed by atoms with Crippen LogP contribution in [-0.4, -0.2) is 30.7 Å². The van der Waals surface area contributed by atoms with Crippen LogP contribution >= 0.6 is 0 Å². The van der Waals surface area contributed by atoms with E-state index in [9.17, 15) is 4.79 Å². The van der Waals surface area contributed by atoms with Gasteiger partial charge in [-0.2, -0.15) is 4.98 Å². The molecule has 7 nitrogen and oxygen atoms in total. The van der Waals surface area contributed by atoms with E-state index in [4.69, 9.17) is 10.8 Å². The SMILES string of the molecule is Nc1nc2ccc(-c3ccc(C(=O)O)nc3)cn2n1. The van der Waals surface area contributed by atoms with E-state index < -0.39 is 5.97 Å². The highest BCUT2D eigenvalue weighted by atomic mass is 16.4. The number of rotatable bonds is 2. The van der Waals surface area contributed by atoms with Gasteiger partial charge in [0.25, 0.3) is 0 Å². The maximum Gasteiger partial charge on any atom is 0.354 e. The van der Waals surface area contributed by atoms with Gasteiger partial charge in [-0.3, -0.25) is 0 Å². The Labute approximate surface area is 107 Å². The monoisotopic (exact) mass is 255 g/mol. The Morgan fingerprint density at radius 2 is 2.00 bits per heavy atom. The Balaban J connectivity index is 2.05. The maximum atomic E-state index is 10.7. The third-order valence-corrected chi connectivity index (χ3v) is 2.66. The van der Waals surface area contributed by atoms with Crippen molar-refractivity contribution < 1.29 is 9.90 Å². The number of anilines is 1. The molecule has 7 heteroatoms. The van der Waals surface area contributed by atoms with Gasteiger partial charge in [-0.25, -0.2) is 14.3 Å². The van der Waals surface area contributed by atoms with E-state index in [0.29, 0.717) is 5.65 Å². The van der Waals surface area contributed by atoms with Gasteiger partial charge in [0.2, 0.25) is 5.95 Å². The Kier molecular flexibility index (Phi) is 2.38. The molecular weight excluding hydrogens is 246 g/mol. The van der Waals surface area contributed by atoms with Gasteiger partial charge in [-0.15, -0.1) is 5.10 Å². The second kappa shape index (κ2) is 4.05. The summed E-state index contributed by atoms with van der Waals surface area (Å²) in [6, 6.07) is 6.78. The number of aromatic carboxylic acids is 1. The number of carboxylic acid groups (broad SMARTS) is 1. The number of carboxylic acids is 1. The molecule has 3 aromatic rings. The summed E-state index contributed by atoms with van der Waals surface area (Å²) < 4.78 is 1.57. The number of carbonyl (C=O) groups is 1. The van der Waals surface area contributed by atoms with E-state index in [-0.39, 0.29) is 11.6 Å². The summed E-state index contributed by atoms with van der Waals surface area (Å²) in [6.07, 6.45) is 3.26. The summed E-state index contributed by atoms with van der Waals surface area (Å²) >= 11 is 0. The highest BCUT2D eigenvalue weighted by molar-refractivity contribution is 5.85. The van der Waals surface area contributed by atoms with Crippen molar-refractivity contribution in [3.63, 3.8) is 0 Å². The van der Waals surface area contributed by atoms with Gasteiger partial charge in [0, 0.05) is 23.5 Å². The summed E-state index contributed by atoms with van der Waals surface area (Å²) in [5.74, 6) is -0.845. The second-order valence-electron chi connectivity index (χ2n) is 3.93. The van der Waals surface area contributed by atoms with Crippen molar-refractivity contribution >= 4 is 17.6 Å². The van der Waals surface area contributed by atoms with Crippen LogP contribution in [0.2, 0.25) is 0 Å². The van der Waals surface area contributed by atoms with Crippen LogP contribution in [-0.2, 0) is 0 Å². The first-order chi connectivity index (χ1) is 9.13. The smallest absolute Gasteiger partial charge is 0.354 e. The second-order valence-corrected chi connectivity index (χ2v) is 3.93. The van der Waals surface area contributed by atoms with Crippen LogP contribution in [0.3, 0.4) is 0 Å². The Hall–Kier alpha value is -2.96. The predicted molar refractivity (Wildman–Crippen MR) is 67.6 cm³/mol. The average molecular weight is 255 g/mol. The van der Waals surface area contributed by atoms with Crippen molar-refractivity contribution in [2.45, 2.75) is 0 Å². The molecule has 19 heavy (non-hydrogen) atoms. The fourth-order valence-electron chi connectivity index (χ4n) is 1.76. The number of nitrogens with two attached hydrogens (primary N) is 1. The van der Waals surface area contributed by atoms with Crippen LogP contribution in [0.4, 0.5) is 5.95 Å². The van der Waals surface area contributed by atoms with Gasteiger partial charge in [0.15, 0.2) is 5.65 Å². The molecule has 0 spiro atoms. The molecule has 0 aliphatic carbocycles. The van der Waals surface area contributed by atoms with Gasteiger partial charge in [-0.05, 0) is 18.2 Å². The van der Waals surface area contributed by atoms with E-state index in [2.05, 4.69) is 15.1 Å². The standard InChI is InChI=1S/C12H9N5O2/c13-12-15-10-4-2-8(6-17(10)16-12)7-1-3-9(11(18)19)14-5-7/h1-6H,(H2,13,16)(H,18,19). The first-order valence-corrected chi connectivity index (χ1v) is 5.45. The van der Waals surface area contributed by atoms with Crippen LogP contribution in [0.15, 0.2) is 36.7 Å². The van der Waals surface area contributed by atoms with Crippen LogP contribution in [0.25, 0.3) is 16.8 Å². The van der Waals surface area contributed by atoms with E-state index in [1.807, 2.05) is 6.07 Å². The zero-order valence-electron chi connectivity index (χ0n) is 9.69. The molecule has 3 aromatic heterocycles. The van der Waals surface area contributed by atoms with Crippen molar-refractivity contribution in [1.29, 1.82) is 0 Å². The molecule has 0 saturated carbocycles. The van der Waals surface area contributed by atoms with E-state index in [1.165, 1.54) is 12.3 Å². The highest BCUT2D eigenvalue weighted by Crippen LogP contribution is 2.19. The van der Waals surface area contributed by atoms with E-state index in [0.717, 1.165) is 11.1 Å². The molecule has 3 N–H and O–H groups in total. The van der Waals surface area contributed by atoms with Crippen molar-refractivity contribution in [1.82, 2.24) is 19.6 Å². The number of hydrogen-bond acceptors (Lipinski definition) is 5. The summed E-state index contributed by atoms with van der Waals surface area (Å²) in [4.78, 5) is 18.6. The number of pyridine rings is 2. The molecule has 3 heterocycles. The highest BCUT2D eigenvalue weighted by Gasteiger charge is 2.06. The zero-order chi connectivity index (χ0) is 13.4. The minimum Gasteiger partial charge on any atom is -0.477 e. The number of aromatic nitrogens is 4. The van der Waals surface area contributed by atoms with Gasteiger partial charge in [0.05, 0.1) is 0 Å². The Morgan fingerprint density at radius 1 is 1.21 bits per heavy atom. The first-order valence-electron chi connectivity index (χ1n) is 5.45. The molecule has 0 unspecified atom stereocenters. The molecule has 0 fully saturated rings. The summed E-state index contributed by atoms with van der Waals surface area (Å²) in [6.45, 7) is 0. The first kappa shape index (κ1) is 11.1. The van der Waals surface area contributed by atoms with Crippen LogP contribution < -0.4 is 5.73 Å². The molecule has 0 aliphatic heterocycles. The number of nitrogen functional groups attached to an aromatic ring is 1. The topological polar surface area (TPSA) is 106 Å². The quantitative estimate of drug-likeness (QED) is 0.709. The Morgan fingerprint density at radius 3 is 2.68 bits per heavy atom. The zero-order valence-corrected chi connectivity index (χ0v) is 9.69. The number of nitrogens with zero attached hydrogens (tertiary/aromatic N) is 4. The lowest BCUT2D eigenvalue weighted by Crippen LogP contribution is -1.99. The van der Waals surface area contributed by atoms with Gasteiger partial charge >= 0.3 is 5.97 Å². The van der Waals surface area contributed by atoms with Crippen molar-refractivity contribution in [3.8, 4) is 11.1 Å². The molecule has 0 saturated heterocycles. The third-order valence-electron chi connectivity index (χ3n) is 2.66. The van der Waals surface area contributed by atoms with Gasteiger partial charge in [0.1, 0.15) is 5.69 Å². The molecule has 3 rings (SSSR count). The summed E-state index contributed by atoms with van der Waals surface area (Å²) in [5.41, 5.74) is 7.81. The Bertz CT molecular complexity index is 763. The molecule has 0 radical (unpaired) electrons. The minimum atomic E-state index is -1.05. The van der Waals surface area contributed by atoms with Crippen molar-refractivity contribution in [2.24, 2.45) is 0 Å². The molecular formula is C12H9N5O2.